The summed E-state index contributed by atoms with van der Waals surface area (Å²) in [5.74, 6) is 0. The first-order valence-electron chi connectivity index (χ1n) is 8.65. The Morgan fingerprint density at radius 2 is 1.56 bits per heavy atom. The Hall–Kier alpha value is -3.31. The van der Waals surface area contributed by atoms with Crippen molar-refractivity contribution in [1.29, 1.82) is 0 Å². The van der Waals surface area contributed by atoms with Crippen molar-refractivity contribution in [2.45, 2.75) is 6.92 Å². The number of nitrogens with zero attached hydrogens (tertiary/aromatic N) is 2. The van der Waals surface area contributed by atoms with Crippen LogP contribution in [0.5, 0.6) is 0 Å². The average Bonchev–Trinajstić information content (AvgIpc) is 2.70. The summed E-state index contributed by atoms with van der Waals surface area (Å²) in [4.78, 5) is 4.74. The number of aryl methyl sites for hydroxylation is 1. The van der Waals surface area contributed by atoms with E-state index < -0.39 is 0 Å². The van der Waals surface area contributed by atoms with Gasteiger partial charge in [-0.2, -0.15) is 5.10 Å². The van der Waals surface area contributed by atoms with E-state index in [4.69, 9.17) is 17.2 Å². The van der Waals surface area contributed by atoms with Crippen LogP contribution in [0.1, 0.15) is 11.3 Å². The van der Waals surface area contributed by atoms with Crippen molar-refractivity contribution in [2.75, 3.05) is 5.32 Å². The number of thiocarbonyl (C=S) groups is 1. The van der Waals surface area contributed by atoms with E-state index in [-0.39, 0.29) is 0 Å². The summed E-state index contributed by atoms with van der Waals surface area (Å²) in [7, 11) is 0. The quantitative estimate of drug-likeness (QED) is 0.230. The van der Waals surface area contributed by atoms with Crippen LogP contribution in [-0.4, -0.2) is 16.3 Å². The lowest BCUT2D eigenvalue weighted by molar-refractivity contribution is 1.05. The Morgan fingerprint density at radius 3 is 2.33 bits per heavy atom. The Bertz CT molecular complexity index is 1150. The molecule has 27 heavy (non-hydrogen) atoms. The molecule has 1 heterocycles. The second-order valence-electron chi connectivity index (χ2n) is 6.25. The summed E-state index contributed by atoms with van der Waals surface area (Å²) >= 11 is 5.30. The monoisotopic (exact) mass is 370 g/mol. The third-order valence-corrected chi connectivity index (χ3v) is 4.49. The fourth-order valence-electron chi connectivity index (χ4n) is 2.98. The minimum absolute atomic E-state index is 0.431. The zero-order chi connectivity index (χ0) is 18.6. The first-order chi connectivity index (χ1) is 13.2. The summed E-state index contributed by atoms with van der Waals surface area (Å²) < 4.78 is 0. The molecule has 0 fully saturated rings. The van der Waals surface area contributed by atoms with E-state index in [9.17, 15) is 0 Å². The molecule has 0 bridgehead atoms. The Morgan fingerprint density at radius 1 is 0.889 bits per heavy atom. The van der Waals surface area contributed by atoms with Crippen LogP contribution in [0, 0.1) is 6.92 Å². The van der Waals surface area contributed by atoms with Crippen LogP contribution in [0.4, 0.5) is 5.69 Å². The number of hydrazone groups is 1. The second-order valence-corrected chi connectivity index (χ2v) is 6.66. The summed E-state index contributed by atoms with van der Waals surface area (Å²) in [6.45, 7) is 2.05. The van der Waals surface area contributed by atoms with E-state index in [2.05, 4.69) is 34.0 Å². The van der Waals surface area contributed by atoms with Gasteiger partial charge in [0, 0.05) is 16.5 Å². The molecule has 4 rings (SSSR count). The number of para-hydroxylation sites is 1. The average molecular weight is 370 g/mol. The molecule has 0 spiro atoms. The molecule has 0 aliphatic carbocycles. The highest BCUT2D eigenvalue weighted by atomic mass is 32.1. The third kappa shape index (κ3) is 3.78. The van der Waals surface area contributed by atoms with E-state index in [1.807, 2.05) is 61.5 Å². The molecule has 0 unspecified atom stereocenters. The summed E-state index contributed by atoms with van der Waals surface area (Å²) in [5, 5.41) is 11.2. The second kappa shape index (κ2) is 7.51. The molecule has 0 radical (unpaired) electrons. The van der Waals surface area contributed by atoms with Gasteiger partial charge in [-0.05, 0) is 42.7 Å². The molecule has 0 aliphatic heterocycles. The van der Waals surface area contributed by atoms with Gasteiger partial charge in [-0.1, -0.05) is 60.2 Å². The minimum Gasteiger partial charge on any atom is -0.331 e. The van der Waals surface area contributed by atoms with E-state index in [0.717, 1.165) is 33.1 Å². The van der Waals surface area contributed by atoms with E-state index in [0.29, 0.717) is 5.11 Å². The SMILES string of the molecule is Cc1ccc(NC(=S)NN=Cc2nc3ccccc3c3ccccc23)cc1. The van der Waals surface area contributed by atoms with Crippen LogP contribution >= 0.6 is 12.2 Å². The van der Waals surface area contributed by atoms with Crippen LogP contribution in [0.3, 0.4) is 0 Å². The maximum atomic E-state index is 5.30. The fourth-order valence-corrected chi connectivity index (χ4v) is 3.15. The third-order valence-electron chi connectivity index (χ3n) is 4.30. The summed E-state index contributed by atoms with van der Waals surface area (Å²) in [5.41, 5.74) is 6.72. The number of anilines is 1. The van der Waals surface area contributed by atoms with Crippen LogP contribution in [-0.2, 0) is 0 Å². The van der Waals surface area contributed by atoms with E-state index >= 15 is 0 Å². The molecule has 0 aliphatic rings. The van der Waals surface area contributed by atoms with E-state index in [1.54, 1.807) is 6.21 Å². The largest absolute Gasteiger partial charge is 0.331 e. The number of hydrogen-bond acceptors (Lipinski definition) is 3. The maximum absolute atomic E-state index is 5.30. The number of fused-ring (bicyclic) bond motifs is 3. The Balaban J connectivity index is 1.57. The molecule has 4 aromatic rings. The van der Waals surface area contributed by atoms with Crippen molar-refractivity contribution >= 4 is 50.9 Å². The lowest BCUT2D eigenvalue weighted by atomic mass is 10.0. The smallest absolute Gasteiger partial charge is 0.191 e. The maximum Gasteiger partial charge on any atom is 0.191 e. The molecule has 0 saturated heterocycles. The predicted octanol–water partition coefficient (Wildman–Crippen LogP) is 5.02. The van der Waals surface area contributed by atoms with Crippen LogP contribution in [0.25, 0.3) is 21.7 Å². The van der Waals surface area contributed by atoms with Gasteiger partial charge in [0.05, 0.1) is 17.4 Å². The van der Waals surface area contributed by atoms with Crippen molar-refractivity contribution in [1.82, 2.24) is 10.4 Å². The Labute approximate surface area is 162 Å². The number of rotatable bonds is 3. The van der Waals surface area contributed by atoms with Gasteiger partial charge in [0.2, 0.25) is 0 Å². The van der Waals surface area contributed by atoms with E-state index in [1.165, 1.54) is 5.56 Å². The molecule has 5 heteroatoms. The van der Waals surface area contributed by atoms with Crippen molar-refractivity contribution in [2.24, 2.45) is 5.10 Å². The Kier molecular flexibility index (Phi) is 4.77. The van der Waals surface area contributed by atoms with Gasteiger partial charge in [0.1, 0.15) is 0 Å². The van der Waals surface area contributed by atoms with Crippen LogP contribution in [0.15, 0.2) is 77.9 Å². The molecule has 0 amide bonds. The van der Waals surface area contributed by atoms with Crippen molar-refractivity contribution in [3.05, 3.63) is 84.1 Å². The number of pyridine rings is 1. The lowest BCUT2D eigenvalue weighted by Gasteiger charge is -2.08. The van der Waals surface area contributed by atoms with Gasteiger partial charge in [-0.15, -0.1) is 0 Å². The highest BCUT2D eigenvalue weighted by Gasteiger charge is 2.06. The first kappa shape index (κ1) is 17.1. The van der Waals surface area contributed by atoms with Gasteiger partial charge >= 0.3 is 0 Å². The minimum atomic E-state index is 0.431. The molecule has 1 aromatic heterocycles. The molecule has 0 saturated carbocycles. The molecule has 3 aromatic carbocycles. The molecule has 2 N–H and O–H groups in total. The van der Waals surface area contributed by atoms with Gasteiger partial charge < -0.3 is 5.32 Å². The van der Waals surface area contributed by atoms with Gasteiger partial charge in [-0.25, -0.2) is 4.98 Å². The predicted molar refractivity (Wildman–Crippen MR) is 117 cm³/mol. The standard InChI is InChI=1S/C22H18N4S/c1-15-10-12-16(13-11-15)24-22(27)26-23-14-21-19-8-3-2-6-17(19)18-7-4-5-9-20(18)25-21/h2-14H,1H3,(H2,24,26,27). The first-order valence-corrected chi connectivity index (χ1v) is 9.06. The molecular formula is C22H18N4S. The van der Waals surface area contributed by atoms with Crippen LogP contribution in [0.2, 0.25) is 0 Å². The topological polar surface area (TPSA) is 49.3 Å². The number of benzene rings is 3. The fraction of sp³-hybridized carbons (Fsp3) is 0.0455. The molecule has 132 valence electrons. The summed E-state index contributed by atoms with van der Waals surface area (Å²) in [6, 6.07) is 24.3. The van der Waals surface area contributed by atoms with Crippen molar-refractivity contribution in [3.8, 4) is 0 Å². The molecule has 4 nitrogen and oxygen atoms in total. The summed E-state index contributed by atoms with van der Waals surface area (Å²) in [6.07, 6.45) is 1.71. The number of nitrogens with one attached hydrogen (secondary N) is 2. The highest BCUT2D eigenvalue weighted by Crippen LogP contribution is 2.25. The lowest BCUT2D eigenvalue weighted by Crippen LogP contribution is -2.23. The number of aromatic nitrogens is 1. The molecule has 0 atom stereocenters. The van der Waals surface area contributed by atoms with Gasteiger partial charge in [-0.3, -0.25) is 5.43 Å². The van der Waals surface area contributed by atoms with Gasteiger partial charge in [0.25, 0.3) is 0 Å². The van der Waals surface area contributed by atoms with Crippen molar-refractivity contribution < 1.29 is 0 Å². The normalized spacial score (nSPS) is 11.1. The van der Waals surface area contributed by atoms with Crippen LogP contribution < -0.4 is 10.7 Å². The van der Waals surface area contributed by atoms with Gasteiger partial charge in [0.15, 0.2) is 5.11 Å². The zero-order valence-corrected chi connectivity index (χ0v) is 15.6. The zero-order valence-electron chi connectivity index (χ0n) is 14.8. The highest BCUT2D eigenvalue weighted by molar-refractivity contribution is 7.80. The molecular weight excluding hydrogens is 352 g/mol. The number of hydrogen-bond donors (Lipinski definition) is 2. The van der Waals surface area contributed by atoms with Crippen molar-refractivity contribution in [3.63, 3.8) is 0 Å².